The minimum atomic E-state index is -3.63. The monoisotopic (exact) mass is 452 g/mol. The van der Waals surface area contributed by atoms with Crippen molar-refractivity contribution in [3.05, 3.63) is 69.9 Å². The highest BCUT2D eigenvalue weighted by molar-refractivity contribution is 7.89. The van der Waals surface area contributed by atoms with Crippen LogP contribution in [0.2, 0.25) is 0 Å². The maximum Gasteiger partial charge on any atom is 0.253 e. The fraction of sp³-hybridized carbons (Fsp3) is 0.174. The SMILES string of the molecule is CCS(=O)(=O)N=c1ccn(C)c2c1C=CC1=c3c-2c(O)[nH]c3=CCN1c1ccc(F)cc1. The molecule has 9 heteroatoms. The first-order valence-corrected chi connectivity index (χ1v) is 11.8. The molecule has 2 N–H and O–H groups in total. The first-order valence-electron chi connectivity index (χ1n) is 10.1. The highest BCUT2D eigenvalue weighted by Gasteiger charge is 2.26. The molecule has 1 aromatic carbocycles. The number of aryl methyl sites for hydroxylation is 1. The largest absolute Gasteiger partial charge is 0.494 e. The second kappa shape index (κ2) is 7.23. The normalized spacial score (nSPS) is 15.3. The van der Waals surface area contributed by atoms with Gasteiger partial charge in [0, 0.05) is 41.6 Å². The lowest BCUT2D eigenvalue weighted by atomic mass is 10.1. The molecule has 0 unspecified atom stereocenters. The molecule has 5 rings (SSSR count). The Morgan fingerprint density at radius 2 is 1.94 bits per heavy atom. The molecule has 3 aromatic rings. The summed E-state index contributed by atoms with van der Waals surface area (Å²) < 4.78 is 43.8. The molecule has 0 bridgehead atoms. The molecule has 0 amide bonds. The van der Waals surface area contributed by atoms with Gasteiger partial charge in [0.1, 0.15) is 5.82 Å². The van der Waals surface area contributed by atoms with Crippen LogP contribution in [0.1, 0.15) is 12.5 Å². The van der Waals surface area contributed by atoms with Crippen molar-refractivity contribution in [3.63, 3.8) is 0 Å². The third kappa shape index (κ3) is 3.16. The van der Waals surface area contributed by atoms with Crippen LogP contribution in [0.5, 0.6) is 5.88 Å². The van der Waals surface area contributed by atoms with Crippen LogP contribution < -0.4 is 20.8 Å². The zero-order chi connectivity index (χ0) is 22.6. The summed E-state index contributed by atoms with van der Waals surface area (Å²) in [7, 11) is -1.79. The van der Waals surface area contributed by atoms with Gasteiger partial charge >= 0.3 is 0 Å². The smallest absolute Gasteiger partial charge is 0.253 e. The van der Waals surface area contributed by atoms with E-state index in [1.54, 1.807) is 31.3 Å². The predicted molar refractivity (Wildman–Crippen MR) is 122 cm³/mol. The van der Waals surface area contributed by atoms with Crippen LogP contribution in [0, 0.1) is 5.82 Å². The molecule has 0 saturated heterocycles. The summed E-state index contributed by atoms with van der Waals surface area (Å²) in [6.07, 6.45) is 7.39. The molecule has 0 spiro atoms. The average Bonchev–Trinajstić information content (AvgIpc) is 2.98. The summed E-state index contributed by atoms with van der Waals surface area (Å²) in [6, 6.07) is 7.86. The van der Waals surface area contributed by atoms with E-state index in [1.165, 1.54) is 12.1 Å². The van der Waals surface area contributed by atoms with Crippen molar-refractivity contribution in [1.29, 1.82) is 0 Å². The van der Waals surface area contributed by atoms with Gasteiger partial charge < -0.3 is 19.6 Å². The van der Waals surface area contributed by atoms with E-state index in [2.05, 4.69) is 9.38 Å². The summed E-state index contributed by atoms with van der Waals surface area (Å²) in [5.41, 5.74) is 3.40. The van der Waals surface area contributed by atoms with Gasteiger partial charge in [0.2, 0.25) is 0 Å². The van der Waals surface area contributed by atoms with Crippen molar-refractivity contribution in [2.75, 3.05) is 17.2 Å². The van der Waals surface area contributed by atoms with Gasteiger partial charge in [-0.1, -0.05) is 0 Å². The van der Waals surface area contributed by atoms with Crippen LogP contribution in [0.3, 0.4) is 0 Å². The van der Waals surface area contributed by atoms with Gasteiger partial charge in [-0.2, -0.15) is 4.40 Å². The van der Waals surface area contributed by atoms with E-state index in [4.69, 9.17) is 0 Å². The number of aromatic hydroxyl groups is 1. The van der Waals surface area contributed by atoms with E-state index >= 15 is 0 Å². The minimum Gasteiger partial charge on any atom is -0.494 e. The molecule has 1 aliphatic carbocycles. The lowest BCUT2D eigenvalue weighted by Gasteiger charge is -2.26. The first kappa shape index (κ1) is 20.3. The number of nitrogens with one attached hydrogen (secondary N) is 1. The zero-order valence-corrected chi connectivity index (χ0v) is 18.3. The molecule has 1 aliphatic heterocycles. The number of rotatable bonds is 3. The fourth-order valence-electron chi connectivity index (χ4n) is 4.20. The van der Waals surface area contributed by atoms with E-state index in [1.807, 2.05) is 34.7 Å². The number of pyridine rings is 1. The van der Waals surface area contributed by atoms with E-state index in [9.17, 15) is 17.9 Å². The van der Waals surface area contributed by atoms with E-state index in [0.29, 0.717) is 28.7 Å². The quantitative estimate of drug-likeness (QED) is 0.631. The number of hydrogen-bond donors (Lipinski definition) is 2. The van der Waals surface area contributed by atoms with Gasteiger partial charge in [-0.3, -0.25) is 0 Å². The topological polar surface area (TPSA) is 90.7 Å². The number of halogens is 1. The van der Waals surface area contributed by atoms with Gasteiger partial charge in [-0.05, 0) is 55.5 Å². The number of sulfonamides is 1. The highest BCUT2D eigenvalue weighted by atomic mass is 32.2. The third-order valence-corrected chi connectivity index (χ3v) is 6.96. The maximum atomic E-state index is 13.5. The van der Waals surface area contributed by atoms with E-state index in [0.717, 1.165) is 22.0 Å². The van der Waals surface area contributed by atoms with Crippen molar-refractivity contribution >= 4 is 33.6 Å². The Morgan fingerprint density at radius 1 is 1.19 bits per heavy atom. The molecule has 0 radical (unpaired) electrons. The highest BCUT2D eigenvalue weighted by Crippen LogP contribution is 2.31. The van der Waals surface area contributed by atoms with Gasteiger partial charge in [-0.25, -0.2) is 12.8 Å². The van der Waals surface area contributed by atoms with Gasteiger partial charge in [0.25, 0.3) is 10.0 Å². The van der Waals surface area contributed by atoms with Crippen molar-refractivity contribution in [3.8, 4) is 17.1 Å². The van der Waals surface area contributed by atoms with Crippen molar-refractivity contribution in [1.82, 2.24) is 9.55 Å². The van der Waals surface area contributed by atoms with E-state index in [-0.39, 0.29) is 17.5 Å². The molecule has 3 heterocycles. The average molecular weight is 453 g/mol. The van der Waals surface area contributed by atoms with E-state index < -0.39 is 10.0 Å². The predicted octanol–water partition coefficient (Wildman–Crippen LogP) is 1.55. The first-order chi connectivity index (χ1) is 15.3. The fourth-order valence-corrected chi connectivity index (χ4v) is 4.79. The number of anilines is 1. The van der Waals surface area contributed by atoms with Crippen molar-refractivity contribution < 1.29 is 17.9 Å². The number of aromatic amines is 1. The Morgan fingerprint density at radius 3 is 2.66 bits per heavy atom. The van der Waals surface area contributed by atoms with Crippen LogP contribution in [-0.4, -0.2) is 35.4 Å². The lowest BCUT2D eigenvalue weighted by molar-refractivity contribution is 0.457. The number of nitrogens with zero attached hydrogens (tertiary/aromatic N) is 3. The van der Waals surface area contributed by atoms with Gasteiger partial charge in [-0.15, -0.1) is 0 Å². The van der Waals surface area contributed by atoms with Crippen LogP contribution in [0.4, 0.5) is 10.1 Å². The second-order valence-electron chi connectivity index (χ2n) is 7.68. The van der Waals surface area contributed by atoms with Crippen LogP contribution in [0.25, 0.3) is 29.1 Å². The van der Waals surface area contributed by atoms with Crippen molar-refractivity contribution in [2.45, 2.75) is 6.92 Å². The third-order valence-electron chi connectivity index (χ3n) is 5.76. The Bertz CT molecular complexity index is 1580. The number of H-pyrrole nitrogens is 1. The van der Waals surface area contributed by atoms with Crippen LogP contribution >= 0.6 is 0 Å². The summed E-state index contributed by atoms with van der Waals surface area (Å²) in [6.45, 7) is 2.06. The molecule has 0 saturated carbocycles. The summed E-state index contributed by atoms with van der Waals surface area (Å²) >= 11 is 0. The Kier molecular flexibility index (Phi) is 4.59. The molecule has 7 nitrogen and oxygen atoms in total. The van der Waals surface area contributed by atoms with Crippen LogP contribution in [-0.2, 0) is 17.1 Å². The van der Waals surface area contributed by atoms with Gasteiger partial charge in [0.15, 0.2) is 5.88 Å². The summed E-state index contributed by atoms with van der Waals surface area (Å²) in [4.78, 5) is 5.05. The Labute approximate surface area is 183 Å². The Hall–Kier alpha value is -3.59. The van der Waals surface area contributed by atoms with Gasteiger partial charge in [0.05, 0.1) is 28.1 Å². The molecule has 32 heavy (non-hydrogen) atoms. The molecule has 0 fully saturated rings. The molecule has 0 atom stereocenters. The second-order valence-corrected chi connectivity index (χ2v) is 9.61. The molecular weight excluding hydrogens is 431 g/mol. The van der Waals surface area contributed by atoms with Crippen molar-refractivity contribution in [2.24, 2.45) is 11.4 Å². The number of fused-ring (bicyclic) bond motifs is 2. The maximum absolute atomic E-state index is 13.5. The molecule has 164 valence electrons. The number of hydrogen-bond acceptors (Lipinski definition) is 4. The summed E-state index contributed by atoms with van der Waals surface area (Å²) in [5, 5.41) is 12.7. The van der Waals surface area contributed by atoms with Crippen LogP contribution in [0.15, 0.2) is 47.0 Å². The molecular formula is C23H21FN4O3S. The summed E-state index contributed by atoms with van der Waals surface area (Å²) in [5.74, 6) is -0.442. The zero-order valence-electron chi connectivity index (χ0n) is 17.5. The number of aromatic nitrogens is 2. The standard InChI is InChI=1S/C23H21FN4O3S/c1-3-32(30,31)26-17-10-12-27(2)22-16(17)8-9-19-20-18(25-23(29)21(20)22)11-13-28(19)15-6-4-14(24)5-7-15/h4-12,25,29H,3,13H2,1-2H3. The number of benzene rings is 1. The lowest BCUT2D eigenvalue weighted by Crippen LogP contribution is -2.39. The minimum absolute atomic E-state index is 0.0132. The Balaban J connectivity index is 1.85. The molecule has 2 aromatic heterocycles. The molecule has 2 aliphatic rings.